The average Bonchev–Trinajstić information content (AvgIpc) is 3.29. The number of benzene rings is 2. The topological polar surface area (TPSA) is 41.6 Å². The Morgan fingerprint density at radius 3 is 2.69 bits per heavy atom. The maximum atomic E-state index is 13.0. The smallest absolute Gasteiger partial charge is 0.254 e. The van der Waals surface area contributed by atoms with E-state index in [9.17, 15) is 4.79 Å². The molecule has 2 heterocycles. The second-order valence-corrected chi connectivity index (χ2v) is 8.83. The number of carbonyl (C=O) groups is 1. The molecule has 0 radical (unpaired) electrons. The largest absolute Gasteiger partial charge is 0.378 e. The van der Waals surface area contributed by atoms with Crippen molar-refractivity contribution in [2.45, 2.75) is 23.3 Å². The number of fused-ring (bicyclic) bond motifs is 3. The summed E-state index contributed by atoms with van der Waals surface area (Å²) in [5.41, 5.74) is 4.52. The van der Waals surface area contributed by atoms with Crippen molar-refractivity contribution in [3.63, 3.8) is 0 Å². The van der Waals surface area contributed by atoms with Gasteiger partial charge >= 0.3 is 0 Å². The molecule has 0 bridgehead atoms. The summed E-state index contributed by atoms with van der Waals surface area (Å²) in [4.78, 5) is 16.1. The summed E-state index contributed by atoms with van der Waals surface area (Å²) in [6.07, 6.45) is 7.80. The Morgan fingerprint density at radius 2 is 1.93 bits per heavy atom. The zero-order valence-electron chi connectivity index (χ0n) is 16.6. The zero-order valence-corrected chi connectivity index (χ0v) is 17.5. The van der Waals surface area contributed by atoms with Gasteiger partial charge in [0.15, 0.2) is 0 Å². The van der Waals surface area contributed by atoms with E-state index in [1.54, 1.807) is 11.8 Å². The molecule has 3 aliphatic rings. The van der Waals surface area contributed by atoms with Crippen molar-refractivity contribution < 1.29 is 9.53 Å². The van der Waals surface area contributed by atoms with E-state index >= 15 is 0 Å². The number of nitrogens with zero attached hydrogens (tertiary/aromatic N) is 1. The van der Waals surface area contributed by atoms with Crippen LogP contribution >= 0.6 is 11.8 Å². The van der Waals surface area contributed by atoms with Gasteiger partial charge in [0.25, 0.3) is 5.91 Å². The molecule has 2 aromatic rings. The van der Waals surface area contributed by atoms with Gasteiger partial charge in [0, 0.05) is 35.2 Å². The normalized spacial score (nSPS) is 25.3. The highest BCUT2D eigenvalue weighted by atomic mass is 32.2. The lowest BCUT2D eigenvalue weighted by Crippen LogP contribution is -2.40. The standard InChI is InChI=1S/C24H26N2O2S/c1-29-18-8-5-16(6-9-18)23-20-4-2-3-19(20)21-15-17(7-10-22(21)25-23)24(27)26-11-13-28-14-12-26/h2-3,5-10,15,19-20,23,25H,4,11-14H2,1H3. The quantitative estimate of drug-likeness (QED) is 0.592. The van der Waals surface area contributed by atoms with Crippen LogP contribution in [0, 0.1) is 5.92 Å². The van der Waals surface area contributed by atoms with Gasteiger partial charge in [0.1, 0.15) is 0 Å². The maximum absolute atomic E-state index is 13.0. The van der Waals surface area contributed by atoms with E-state index in [0.29, 0.717) is 44.2 Å². The summed E-state index contributed by atoms with van der Waals surface area (Å²) in [6, 6.07) is 15.4. The summed E-state index contributed by atoms with van der Waals surface area (Å²) >= 11 is 1.77. The molecule has 0 spiro atoms. The predicted octanol–water partition coefficient (Wildman–Crippen LogP) is 4.71. The highest BCUT2D eigenvalue weighted by Gasteiger charge is 2.38. The first kappa shape index (κ1) is 18.8. The molecule has 2 aliphatic heterocycles. The number of morpholine rings is 1. The van der Waals surface area contributed by atoms with Gasteiger partial charge in [-0.25, -0.2) is 0 Å². The Hall–Kier alpha value is -2.24. The number of thioether (sulfide) groups is 1. The first-order valence-electron chi connectivity index (χ1n) is 10.3. The third-order valence-corrected chi connectivity index (χ3v) is 7.13. The number of rotatable bonds is 3. The van der Waals surface area contributed by atoms with Crippen molar-refractivity contribution in [2.24, 2.45) is 5.92 Å². The van der Waals surface area contributed by atoms with E-state index in [4.69, 9.17) is 4.74 Å². The summed E-state index contributed by atoms with van der Waals surface area (Å²) in [7, 11) is 0. The van der Waals surface area contributed by atoms with Crippen LogP contribution in [0.5, 0.6) is 0 Å². The van der Waals surface area contributed by atoms with Gasteiger partial charge in [-0.2, -0.15) is 0 Å². The molecule has 1 amide bonds. The van der Waals surface area contributed by atoms with Crippen molar-refractivity contribution in [3.8, 4) is 0 Å². The molecular weight excluding hydrogens is 380 g/mol. The lowest BCUT2D eigenvalue weighted by Gasteiger charge is -2.38. The highest BCUT2D eigenvalue weighted by molar-refractivity contribution is 7.98. The number of anilines is 1. The van der Waals surface area contributed by atoms with Crippen LogP contribution in [0.2, 0.25) is 0 Å². The molecule has 150 valence electrons. The van der Waals surface area contributed by atoms with Crippen LogP contribution in [0.15, 0.2) is 59.5 Å². The Bertz CT molecular complexity index is 934. The molecule has 1 N–H and O–H groups in total. The van der Waals surface area contributed by atoms with Crippen LogP contribution in [-0.2, 0) is 4.74 Å². The van der Waals surface area contributed by atoms with Crippen molar-refractivity contribution in [2.75, 3.05) is 37.9 Å². The molecule has 0 aromatic heterocycles. The molecule has 3 unspecified atom stereocenters. The van der Waals surface area contributed by atoms with Crippen molar-refractivity contribution >= 4 is 23.4 Å². The van der Waals surface area contributed by atoms with Gasteiger partial charge in [0.05, 0.1) is 19.3 Å². The molecule has 5 rings (SSSR count). The van der Waals surface area contributed by atoms with E-state index in [0.717, 1.165) is 17.7 Å². The molecule has 3 atom stereocenters. The van der Waals surface area contributed by atoms with Gasteiger partial charge in [-0.3, -0.25) is 4.79 Å². The minimum absolute atomic E-state index is 0.115. The van der Waals surface area contributed by atoms with Crippen LogP contribution in [-0.4, -0.2) is 43.4 Å². The molecule has 2 aromatic carbocycles. The molecule has 4 nitrogen and oxygen atoms in total. The number of ether oxygens (including phenoxy) is 1. The van der Waals surface area contributed by atoms with Crippen LogP contribution in [0.25, 0.3) is 0 Å². The number of amides is 1. The van der Waals surface area contributed by atoms with E-state index in [-0.39, 0.29) is 5.91 Å². The molecule has 1 fully saturated rings. The second-order valence-electron chi connectivity index (χ2n) is 7.96. The zero-order chi connectivity index (χ0) is 19.8. The lowest BCUT2D eigenvalue weighted by atomic mass is 9.76. The van der Waals surface area contributed by atoms with Gasteiger partial charge in [-0.1, -0.05) is 24.3 Å². The number of hydrogen-bond donors (Lipinski definition) is 1. The van der Waals surface area contributed by atoms with Gasteiger partial charge in [-0.05, 0) is 60.1 Å². The van der Waals surface area contributed by atoms with Gasteiger partial charge in [0.2, 0.25) is 0 Å². The highest BCUT2D eigenvalue weighted by Crippen LogP contribution is 2.50. The Morgan fingerprint density at radius 1 is 1.14 bits per heavy atom. The van der Waals surface area contributed by atoms with Crippen molar-refractivity contribution in [3.05, 3.63) is 71.3 Å². The SMILES string of the molecule is CSc1ccc(C2Nc3ccc(C(=O)N4CCOCC4)cc3C3C=CCC32)cc1. The molecule has 5 heteroatoms. The number of carbonyl (C=O) groups excluding carboxylic acids is 1. The Balaban J connectivity index is 1.45. The second kappa shape index (κ2) is 7.88. The van der Waals surface area contributed by atoms with E-state index in [2.05, 4.69) is 60.1 Å². The van der Waals surface area contributed by atoms with Crippen LogP contribution < -0.4 is 5.32 Å². The Labute approximate surface area is 176 Å². The summed E-state index contributed by atoms with van der Waals surface area (Å²) in [5, 5.41) is 3.78. The molecule has 0 saturated carbocycles. The summed E-state index contributed by atoms with van der Waals surface area (Å²) < 4.78 is 5.39. The third-order valence-electron chi connectivity index (χ3n) is 6.38. The lowest BCUT2D eigenvalue weighted by molar-refractivity contribution is 0.0303. The van der Waals surface area contributed by atoms with Crippen molar-refractivity contribution in [1.29, 1.82) is 0 Å². The average molecular weight is 407 g/mol. The fourth-order valence-electron chi connectivity index (χ4n) is 4.82. The summed E-state index contributed by atoms with van der Waals surface area (Å²) in [5.74, 6) is 0.953. The number of allylic oxidation sites excluding steroid dienone is 2. The minimum Gasteiger partial charge on any atom is -0.378 e. The van der Waals surface area contributed by atoms with Crippen molar-refractivity contribution in [1.82, 2.24) is 4.90 Å². The van der Waals surface area contributed by atoms with E-state index < -0.39 is 0 Å². The number of nitrogens with one attached hydrogen (secondary N) is 1. The van der Waals surface area contributed by atoms with Crippen LogP contribution in [0.3, 0.4) is 0 Å². The Kier molecular flexibility index (Phi) is 5.10. The maximum Gasteiger partial charge on any atom is 0.254 e. The minimum atomic E-state index is 0.115. The van der Waals surface area contributed by atoms with Crippen LogP contribution in [0.1, 0.15) is 39.9 Å². The summed E-state index contributed by atoms with van der Waals surface area (Å²) in [6.45, 7) is 2.61. The molecule has 29 heavy (non-hydrogen) atoms. The van der Waals surface area contributed by atoms with Gasteiger partial charge in [-0.15, -0.1) is 11.8 Å². The molecular formula is C24H26N2O2S. The molecule has 1 saturated heterocycles. The van der Waals surface area contributed by atoms with E-state index in [1.807, 2.05) is 11.0 Å². The van der Waals surface area contributed by atoms with E-state index in [1.165, 1.54) is 16.0 Å². The van der Waals surface area contributed by atoms with Gasteiger partial charge < -0.3 is 15.0 Å². The fraction of sp³-hybridized carbons (Fsp3) is 0.375. The molecule has 1 aliphatic carbocycles. The third kappa shape index (κ3) is 3.47. The first-order valence-corrected chi connectivity index (χ1v) is 11.5. The fourth-order valence-corrected chi connectivity index (χ4v) is 5.23. The first-order chi connectivity index (χ1) is 14.2. The number of hydrogen-bond acceptors (Lipinski definition) is 4. The monoisotopic (exact) mass is 406 g/mol. The predicted molar refractivity (Wildman–Crippen MR) is 118 cm³/mol. The van der Waals surface area contributed by atoms with Crippen LogP contribution in [0.4, 0.5) is 5.69 Å².